The smallest absolute Gasteiger partial charge is 0.250 e. The SMILES string of the molecule is CCn1cc(NC(=O)Cn2nc(C)c(N)c2C)ccc1=O. The van der Waals surface area contributed by atoms with Crippen LogP contribution >= 0.6 is 0 Å². The van der Waals surface area contributed by atoms with Gasteiger partial charge < -0.3 is 15.6 Å². The quantitative estimate of drug-likeness (QED) is 0.874. The first-order chi connectivity index (χ1) is 9.92. The normalized spacial score (nSPS) is 10.6. The molecule has 2 aromatic rings. The summed E-state index contributed by atoms with van der Waals surface area (Å²) >= 11 is 0. The van der Waals surface area contributed by atoms with Crippen LogP contribution in [0.5, 0.6) is 0 Å². The molecule has 3 N–H and O–H groups in total. The molecule has 0 spiro atoms. The molecule has 0 saturated carbocycles. The predicted octanol–water partition coefficient (Wildman–Crippen LogP) is 0.902. The molecule has 112 valence electrons. The van der Waals surface area contributed by atoms with Crippen LogP contribution in [-0.2, 0) is 17.9 Å². The molecule has 1 amide bonds. The molecule has 0 fully saturated rings. The van der Waals surface area contributed by atoms with Crippen molar-refractivity contribution in [3.63, 3.8) is 0 Å². The molecule has 7 nitrogen and oxygen atoms in total. The van der Waals surface area contributed by atoms with Crippen LogP contribution < -0.4 is 16.6 Å². The summed E-state index contributed by atoms with van der Waals surface area (Å²) in [5, 5.41) is 6.96. The Morgan fingerprint density at radius 2 is 2.10 bits per heavy atom. The zero-order valence-electron chi connectivity index (χ0n) is 12.4. The van der Waals surface area contributed by atoms with Crippen LogP contribution in [0.3, 0.4) is 0 Å². The average Bonchev–Trinajstić information content (AvgIpc) is 2.68. The van der Waals surface area contributed by atoms with Gasteiger partial charge in [0.2, 0.25) is 5.91 Å². The number of carbonyl (C=O) groups excluding carboxylic acids is 1. The van der Waals surface area contributed by atoms with Gasteiger partial charge in [0.15, 0.2) is 0 Å². The Morgan fingerprint density at radius 3 is 2.67 bits per heavy atom. The maximum Gasteiger partial charge on any atom is 0.250 e. The second-order valence-corrected chi connectivity index (χ2v) is 4.83. The van der Waals surface area contributed by atoms with Gasteiger partial charge in [0, 0.05) is 18.8 Å². The Balaban J connectivity index is 2.11. The molecule has 0 aromatic carbocycles. The highest BCUT2D eigenvalue weighted by Gasteiger charge is 2.11. The Morgan fingerprint density at radius 1 is 1.38 bits per heavy atom. The van der Waals surface area contributed by atoms with Gasteiger partial charge in [-0.2, -0.15) is 5.10 Å². The van der Waals surface area contributed by atoms with Gasteiger partial charge in [-0.1, -0.05) is 0 Å². The summed E-state index contributed by atoms with van der Waals surface area (Å²) in [7, 11) is 0. The highest BCUT2D eigenvalue weighted by atomic mass is 16.2. The van der Waals surface area contributed by atoms with E-state index in [-0.39, 0.29) is 18.0 Å². The summed E-state index contributed by atoms with van der Waals surface area (Å²) in [6.07, 6.45) is 1.62. The minimum Gasteiger partial charge on any atom is -0.396 e. The highest BCUT2D eigenvalue weighted by Crippen LogP contribution is 2.14. The van der Waals surface area contributed by atoms with Crippen LogP contribution in [0.15, 0.2) is 23.1 Å². The Labute approximate surface area is 122 Å². The third kappa shape index (κ3) is 3.13. The van der Waals surface area contributed by atoms with E-state index in [1.165, 1.54) is 10.6 Å². The van der Waals surface area contributed by atoms with Crippen molar-refractivity contribution in [2.24, 2.45) is 0 Å². The number of hydrogen-bond donors (Lipinski definition) is 2. The second-order valence-electron chi connectivity index (χ2n) is 4.83. The first kappa shape index (κ1) is 14.8. The summed E-state index contributed by atoms with van der Waals surface area (Å²) in [5.41, 5.74) is 8.39. The van der Waals surface area contributed by atoms with Gasteiger partial charge in [-0.25, -0.2) is 0 Å². The molecular weight excluding hydrogens is 270 g/mol. The maximum absolute atomic E-state index is 12.0. The maximum atomic E-state index is 12.0. The lowest BCUT2D eigenvalue weighted by Gasteiger charge is -2.09. The lowest BCUT2D eigenvalue weighted by Crippen LogP contribution is -2.23. The third-order valence-electron chi connectivity index (χ3n) is 3.34. The number of hydrogen-bond acceptors (Lipinski definition) is 4. The van der Waals surface area contributed by atoms with Crippen LogP contribution in [0.2, 0.25) is 0 Å². The fourth-order valence-electron chi connectivity index (χ4n) is 2.05. The molecule has 0 atom stereocenters. The first-order valence-corrected chi connectivity index (χ1v) is 6.72. The number of nitrogen functional groups attached to an aromatic ring is 1. The summed E-state index contributed by atoms with van der Waals surface area (Å²) in [6, 6.07) is 3.02. The van der Waals surface area contributed by atoms with E-state index in [0.717, 1.165) is 5.69 Å². The van der Waals surface area contributed by atoms with E-state index >= 15 is 0 Å². The number of nitrogens with one attached hydrogen (secondary N) is 1. The number of nitrogens with two attached hydrogens (primary N) is 1. The minimum absolute atomic E-state index is 0.0785. The molecule has 2 aromatic heterocycles. The molecule has 2 heterocycles. The number of nitrogens with zero attached hydrogens (tertiary/aromatic N) is 3. The summed E-state index contributed by atoms with van der Waals surface area (Å²) in [6.45, 7) is 6.12. The molecule has 0 aliphatic heterocycles. The van der Waals surface area contributed by atoms with Crippen LogP contribution in [0.25, 0.3) is 0 Å². The van der Waals surface area contributed by atoms with Gasteiger partial charge in [0.05, 0.1) is 22.8 Å². The van der Waals surface area contributed by atoms with Crippen molar-refractivity contribution < 1.29 is 4.79 Å². The summed E-state index contributed by atoms with van der Waals surface area (Å²) in [5.74, 6) is -0.220. The number of rotatable bonds is 4. The molecule has 0 radical (unpaired) electrons. The van der Waals surface area contributed by atoms with Gasteiger partial charge >= 0.3 is 0 Å². The van der Waals surface area contributed by atoms with Gasteiger partial charge in [0.25, 0.3) is 5.56 Å². The van der Waals surface area contributed by atoms with Gasteiger partial charge in [-0.05, 0) is 26.8 Å². The van der Waals surface area contributed by atoms with E-state index in [1.54, 1.807) is 23.9 Å². The minimum atomic E-state index is -0.220. The van der Waals surface area contributed by atoms with E-state index < -0.39 is 0 Å². The van der Waals surface area contributed by atoms with Gasteiger partial charge in [0.1, 0.15) is 6.54 Å². The van der Waals surface area contributed by atoms with E-state index in [0.29, 0.717) is 23.6 Å². The first-order valence-electron chi connectivity index (χ1n) is 6.72. The largest absolute Gasteiger partial charge is 0.396 e. The summed E-state index contributed by atoms with van der Waals surface area (Å²) < 4.78 is 3.09. The molecule has 0 saturated heterocycles. The zero-order valence-corrected chi connectivity index (χ0v) is 12.4. The fraction of sp³-hybridized carbons (Fsp3) is 0.357. The van der Waals surface area contributed by atoms with E-state index in [1.807, 2.05) is 13.8 Å². The van der Waals surface area contributed by atoms with Crippen molar-refractivity contribution in [1.82, 2.24) is 14.3 Å². The van der Waals surface area contributed by atoms with E-state index in [4.69, 9.17) is 5.73 Å². The highest BCUT2D eigenvalue weighted by molar-refractivity contribution is 5.90. The lowest BCUT2D eigenvalue weighted by molar-refractivity contribution is -0.116. The van der Waals surface area contributed by atoms with Crippen LogP contribution in [-0.4, -0.2) is 20.3 Å². The third-order valence-corrected chi connectivity index (χ3v) is 3.34. The monoisotopic (exact) mass is 289 g/mol. The molecule has 21 heavy (non-hydrogen) atoms. The molecule has 0 aliphatic carbocycles. The molecule has 2 rings (SSSR count). The van der Waals surface area contributed by atoms with Crippen LogP contribution in [0, 0.1) is 13.8 Å². The molecule has 0 unspecified atom stereocenters. The summed E-state index contributed by atoms with van der Waals surface area (Å²) in [4.78, 5) is 23.5. The molecule has 0 aliphatic rings. The van der Waals surface area contributed by atoms with Crippen molar-refractivity contribution in [3.05, 3.63) is 40.1 Å². The molecule has 7 heteroatoms. The van der Waals surface area contributed by atoms with Crippen molar-refractivity contribution in [2.75, 3.05) is 11.1 Å². The number of amides is 1. The van der Waals surface area contributed by atoms with Crippen molar-refractivity contribution in [1.29, 1.82) is 0 Å². The number of aromatic nitrogens is 3. The zero-order chi connectivity index (χ0) is 15.6. The fourth-order valence-corrected chi connectivity index (χ4v) is 2.05. The lowest BCUT2D eigenvalue weighted by atomic mass is 10.3. The van der Waals surface area contributed by atoms with Gasteiger partial charge in [-0.15, -0.1) is 0 Å². The van der Waals surface area contributed by atoms with Crippen molar-refractivity contribution in [3.8, 4) is 0 Å². The Bertz CT molecular complexity index is 729. The van der Waals surface area contributed by atoms with E-state index in [9.17, 15) is 9.59 Å². The number of anilines is 2. The Hall–Kier alpha value is -2.57. The van der Waals surface area contributed by atoms with Crippen LogP contribution in [0.1, 0.15) is 18.3 Å². The van der Waals surface area contributed by atoms with Crippen molar-refractivity contribution in [2.45, 2.75) is 33.9 Å². The number of aryl methyl sites for hydroxylation is 2. The van der Waals surface area contributed by atoms with Crippen molar-refractivity contribution >= 4 is 17.3 Å². The van der Waals surface area contributed by atoms with Gasteiger partial charge in [-0.3, -0.25) is 14.3 Å². The number of carbonyl (C=O) groups is 1. The molecular formula is C14H19N5O2. The van der Waals surface area contributed by atoms with E-state index in [2.05, 4.69) is 10.4 Å². The van der Waals surface area contributed by atoms with Crippen LogP contribution in [0.4, 0.5) is 11.4 Å². The molecule has 0 bridgehead atoms. The standard InChI is InChI=1S/C14H19N5O2/c1-4-18-7-11(5-6-13(18)21)16-12(20)8-19-10(3)14(15)9(2)17-19/h5-7H,4,8,15H2,1-3H3,(H,16,20). The number of pyridine rings is 1. The Kier molecular flexibility index (Phi) is 4.11. The second kappa shape index (κ2) is 5.82. The average molecular weight is 289 g/mol. The predicted molar refractivity (Wildman–Crippen MR) is 81.1 cm³/mol. The topological polar surface area (TPSA) is 94.9 Å².